The van der Waals surface area contributed by atoms with Crippen LogP contribution in [-0.4, -0.2) is 0 Å². The molecule has 0 aliphatic heterocycles. The minimum atomic E-state index is 0.109. The highest BCUT2D eigenvalue weighted by Gasteiger charge is 1.94. The average molecular weight is 270 g/mol. The Morgan fingerprint density at radius 2 is 1.19 bits per heavy atom. The summed E-state index contributed by atoms with van der Waals surface area (Å²) < 4.78 is 0. The molecule has 0 N–H and O–H groups in total. The van der Waals surface area contributed by atoms with Crippen LogP contribution in [-0.2, 0) is 0 Å². The molecular weight excluding hydrogens is 256 g/mol. The zero-order valence-electron chi connectivity index (χ0n) is 11.7. The fraction of sp³-hybridized carbons (Fsp3) is 0.0526. The van der Waals surface area contributed by atoms with Gasteiger partial charge in [-0.3, -0.25) is 0 Å². The molecule has 0 amide bonds. The third-order valence-electron chi connectivity index (χ3n) is 3.03. The van der Waals surface area contributed by atoms with E-state index in [2.05, 4.69) is 37.3 Å². The predicted octanol–water partition coefficient (Wildman–Crippen LogP) is 4.60. The zero-order valence-corrected chi connectivity index (χ0v) is 11.7. The zero-order chi connectivity index (χ0) is 15.1. The van der Waals surface area contributed by atoms with Crippen molar-refractivity contribution in [2.24, 2.45) is 0 Å². The lowest BCUT2D eigenvalue weighted by Gasteiger charge is -1.97. The molecule has 2 heteroatoms. The molecule has 0 aromatic heterocycles. The molecule has 0 aliphatic rings. The van der Waals surface area contributed by atoms with E-state index >= 15 is 0 Å². The van der Waals surface area contributed by atoms with Crippen molar-refractivity contribution >= 4 is 18.2 Å². The number of rotatable bonds is 3. The second kappa shape index (κ2) is 6.89. The molecule has 2 nitrogen and oxygen atoms in total. The summed E-state index contributed by atoms with van der Waals surface area (Å²) >= 11 is 0. The van der Waals surface area contributed by atoms with E-state index in [-0.39, 0.29) is 5.57 Å². The number of allylic oxidation sites excluding steroid dienone is 1. The average Bonchev–Trinajstić information content (AvgIpc) is 2.53. The van der Waals surface area contributed by atoms with E-state index in [4.69, 9.17) is 10.5 Å². The van der Waals surface area contributed by atoms with Gasteiger partial charge >= 0.3 is 0 Å². The van der Waals surface area contributed by atoms with Crippen LogP contribution in [0.1, 0.15) is 22.3 Å². The van der Waals surface area contributed by atoms with Crippen molar-refractivity contribution in [3.8, 4) is 12.1 Å². The van der Waals surface area contributed by atoms with Crippen LogP contribution >= 0.6 is 0 Å². The Balaban J connectivity index is 2.13. The van der Waals surface area contributed by atoms with Crippen molar-refractivity contribution in [3.05, 3.63) is 76.4 Å². The summed E-state index contributed by atoms with van der Waals surface area (Å²) in [4.78, 5) is 0. The molecule has 2 aromatic carbocycles. The van der Waals surface area contributed by atoms with Crippen LogP contribution in [0.25, 0.3) is 18.2 Å². The van der Waals surface area contributed by atoms with Crippen LogP contribution in [0.2, 0.25) is 0 Å². The fourth-order valence-electron chi connectivity index (χ4n) is 1.83. The normalized spacial score (nSPS) is 9.86. The molecule has 0 saturated heterocycles. The van der Waals surface area contributed by atoms with E-state index < -0.39 is 0 Å². The summed E-state index contributed by atoms with van der Waals surface area (Å²) in [5.41, 5.74) is 4.43. The highest BCUT2D eigenvalue weighted by atomic mass is 14.3. The highest BCUT2D eigenvalue weighted by molar-refractivity contribution is 5.71. The van der Waals surface area contributed by atoms with Gasteiger partial charge < -0.3 is 0 Å². The van der Waals surface area contributed by atoms with Crippen LogP contribution in [0, 0.1) is 29.6 Å². The third kappa shape index (κ3) is 4.20. The first-order chi connectivity index (χ1) is 10.2. The molecule has 0 unspecified atom stereocenters. The Bertz CT molecular complexity index is 733. The van der Waals surface area contributed by atoms with Gasteiger partial charge in [-0.15, -0.1) is 0 Å². The number of nitriles is 2. The lowest BCUT2D eigenvalue weighted by molar-refractivity contribution is 1.46. The smallest absolute Gasteiger partial charge is 0.130 e. The summed E-state index contributed by atoms with van der Waals surface area (Å²) in [5.74, 6) is 0. The number of nitrogens with zero attached hydrogens (tertiary/aromatic N) is 2. The van der Waals surface area contributed by atoms with E-state index in [1.165, 1.54) is 5.56 Å². The molecule has 0 saturated carbocycles. The number of aryl methyl sites for hydroxylation is 1. The maximum atomic E-state index is 8.72. The third-order valence-corrected chi connectivity index (χ3v) is 3.03. The molecule has 0 radical (unpaired) electrons. The fourth-order valence-corrected chi connectivity index (χ4v) is 1.83. The highest BCUT2D eigenvalue weighted by Crippen LogP contribution is 2.12. The summed E-state index contributed by atoms with van der Waals surface area (Å²) in [6, 6.07) is 19.7. The van der Waals surface area contributed by atoms with E-state index in [0.29, 0.717) is 0 Å². The molecule has 0 aliphatic carbocycles. The molecule has 2 rings (SSSR count). The Labute approximate surface area is 124 Å². The van der Waals surface area contributed by atoms with E-state index in [1.54, 1.807) is 6.08 Å². The monoisotopic (exact) mass is 270 g/mol. The van der Waals surface area contributed by atoms with Gasteiger partial charge in [-0.05, 0) is 29.7 Å². The van der Waals surface area contributed by atoms with E-state index in [9.17, 15) is 0 Å². The van der Waals surface area contributed by atoms with Gasteiger partial charge in [0.2, 0.25) is 0 Å². The van der Waals surface area contributed by atoms with Crippen LogP contribution in [0.4, 0.5) is 0 Å². The lowest BCUT2D eigenvalue weighted by atomic mass is 10.1. The van der Waals surface area contributed by atoms with Gasteiger partial charge in [0.25, 0.3) is 0 Å². The largest absolute Gasteiger partial charge is 0.192 e. The Kier molecular flexibility index (Phi) is 4.70. The van der Waals surface area contributed by atoms with Crippen molar-refractivity contribution in [1.29, 1.82) is 10.5 Å². The number of hydrogen-bond donors (Lipinski definition) is 0. The Morgan fingerprint density at radius 3 is 1.67 bits per heavy atom. The topological polar surface area (TPSA) is 47.6 Å². The van der Waals surface area contributed by atoms with E-state index in [0.717, 1.165) is 16.7 Å². The minimum Gasteiger partial charge on any atom is -0.192 e. The van der Waals surface area contributed by atoms with Crippen LogP contribution in [0.15, 0.2) is 54.1 Å². The summed E-state index contributed by atoms with van der Waals surface area (Å²) in [6.45, 7) is 2.07. The molecule has 0 spiro atoms. The van der Waals surface area contributed by atoms with Crippen LogP contribution in [0.5, 0.6) is 0 Å². The molecule has 0 bridgehead atoms. The van der Waals surface area contributed by atoms with Crippen molar-refractivity contribution in [3.63, 3.8) is 0 Å². The van der Waals surface area contributed by atoms with E-state index in [1.807, 2.05) is 42.5 Å². The maximum absolute atomic E-state index is 8.72. The second-order valence-corrected chi connectivity index (χ2v) is 4.69. The Hall–Kier alpha value is -3.10. The minimum absolute atomic E-state index is 0.109. The molecule has 0 atom stereocenters. The molecule has 100 valence electrons. The van der Waals surface area contributed by atoms with Gasteiger partial charge in [-0.1, -0.05) is 66.2 Å². The summed E-state index contributed by atoms with van der Waals surface area (Å²) in [6.07, 6.45) is 5.67. The van der Waals surface area contributed by atoms with Crippen LogP contribution < -0.4 is 0 Å². The lowest BCUT2D eigenvalue weighted by Crippen LogP contribution is -1.78. The first-order valence-electron chi connectivity index (χ1n) is 6.58. The van der Waals surface area contributed by atoms with Crippen LogP contribution in [0.3, 0.4) is 0 Å². The number of hydrogen-bond acceptors (Lipinski definition) is 2. The van der Waals surface area contributed by atoms with Gasteiger partial charge in [0.1, 0.15) is 17.7 Å². The van der Waals surface area contributed by atoms with Crippen molar-refractivity contribution in [2.45, 2.75) is 6.92 Å². The van der Waals surface area contributed by atoms with Gasteiger partial charge in [0, 0.05) is 0 Å². The standard InChI is InChI=1S/C19H14N2/c1-15-2-4-16(5-3-15)6-7-17-8-10-18(11-9-17)12-19(13-20)14-21/h2-12H,1H3/b7-6+. The van der Waals surface area contributed by atoms with Gasteiger partial charge in [0.15, 0.2) is 0 Å². The molecule has 0 fully saturated rings. The SMILES string of the molecule is Cc1ccc(/C=C/c2ccc(C=C(C#N)C#N)cc2)cc1. The predicted molar refractivity (Wildman–Crippen MR) is 85.8 cm³/mol. The Morgan fingerprint density at radius 1 is 0.762 bits per heavy atom. The van der Waals surface area contributed by atoms with Crippen molar-refractivity contribution in [2.75, 3.05) is 0 Å². The first-order valence-corrected chi connectivity index (χ1v) is 6.58. The molecule has 2 aromatic rings. The van der Waals surface area contributed by atoms with Crippen molar-refractivity contribution < 1.29 is 0 Å². The van der Waals surface area contributed by atoms with Gasteiger partial charge in [0.05, 0.1) is 0 Å². The maximum Gasteiger partial charge on any atom is 0.130 e. The molecule has 21 heavy (non-hydrogen) atoms. The summed E-state index contributed by atoms with van der Waals surface area (Å²) in [7, 11) is 0. The van der Waals surface area contributed by atoms with Crippen molar-refractivity contribution in [1.82, 2.24) is 0 Å². The first kappa shape index (κ1) is 14.3. The van der Waals surface area contributed by atoms with Gasteiger partial charge in [-0.25, -0.2) is 0 Å². The molecular formula is C19H14N2. The quantitative estimate of drug-likeness (QED) is 0.604. The molecule has 0 heterocycles. The summed E-state index contributed by atoms with van der Waals surface area (Å²) in [5, 5.41) is 17.4. The number of benzene rings is 2. The van der Waals surface area contributed by atoms with Gasteiger partial charge in [-0.2, -0.15) is 10.5 Å². The second-order valence-electron chi connectivity index (χ2n) is 4.69.